The molecule has 17 heavy (non-hydrogen) atoms. The first kappa shape index (κ1) is 12.0. The van der Waals surface area contributed by atoms with Crippen LogP contribution in [0.4, 0.5) is 13.2 Å². The van der Waals surface area contributed by atoms with Crippen LogP contribution in [0.1, 0.15) is 17.3 Å². The van der Waals surface area contributed by atoms with E-state index in [0.29, 0.717) is 5.69 Å². The van der Waals surface area contributed by atoms with Gasteiger partial charge in [-0.05, 0) is 6.07 Å². The van der Waals surface area contributed by atoms with E-state index in [0.717, 1.165) is 12.1 Å². The number of hydrazine groups is 1. The van der Waals surface area contributed by atoms with Crippen LogP contribution in [0.25, 0.3) is 0 Å². The van der Waals surface area contributed by atoms with Crippen molar-refractivity contribution in [2.75, 3.05) is 0 Å². The van der Waals surface area contributed by atoms with Gasteiger partial charge in [0.25, 0.3) is 0 Å². The summed E-state index contributed by atoms with van der Waals surface area (Å²) in [6, 6.07) is 1.18. The van der Waals surface area contributed by atoms with Crippen molar-refractivity contribution in [3.05, 3.63) is 51.7 Å². The minimum Gasteiger partial charge on any atom is -0.271 e. The number of rotatable bonds is 3. The molecule has 1 unspecified atom stereocenters. The van der Waals surface area contributed by atoms with Gasteiger partial charge in [-0.3, -0.25) is 5.84 Å². The van der Waals surface area contributed by atoms with E-state index in [2.05, 4.69) is 10.4 Å². The van der Waals surface area contributed by atoms with Crippen LogP contribution >= 0.6 is 11.3 Å². The normalized spacial score (nSPS) is 12.7. The lowest BCUT2D eigenvalue weighted by Crippen LogP contribution is -2.30. The minimum atomic E-state index is -1.52. The lowest BCUT2D eigenvalue weighted by atomic mass is 10.0. The van der Waals surface area contributed by atoms with Crippen LogP contribution in [0.5, 0.6) is 0 Å². The van der Waals surface area contributed by atoms with Gasteiger partial charge in [0.1, 0.15) is 0 Å². The van der Waals surface area contributed by atoms with Crippen molar-refractivity contribution in [1.82, 2.24) is 10.4 Å². The maximum Gasteiger partial charge on any atom is 0.194 e. The number of thiazole rings is 1. The van der Waals surface area contributed by atoms with Gasteiger partial charge in [-0.2, -0.15) is 0 Å². The van der Waals surface area contributed by atoms with E-state index < -0.39 is 23.5 Å². The van der Waals surface area contributed by atoms with Gasteiger partial charge in [-0.1, -0.05) is 6.07 Å². The smallest absolute Gasteiger partial charge is 0.194 e. The van der Waals surface area contributed by atoms with Crippen molar-refractivity contribution in [3.63, 3.8) is 0 Å². The molecule has 0 aliphatic rings. The molecular weight excluding hydrogens is 251 g/mol. The number of hydrogen-bond donors (Lipinski definition) is 2. The molecule has 0 amide bonds. The Bertz CT molecular complexity index is 516. The minimum absolute atomic E-state index is 0.0858. The van der Waals surface area contributed by atoms with Crippen LogP contribution in [-0.2, 0) is 0 Å². The first-order chi connectivity index (χ1) is 8.15. The highest BCUT2D eigenvalue weighted by Gasteiger charge is 2.22. The van der Waals surface area contributed by atoms with Crippen LogP contribution in [0.2, 0.25) is 0 Å². The molecule has 0 fully saturated rings. The lowest BCUT2D eigenvalue weighted by molar-refractivity contribution is 0.432. The number of aromatic nitrogens is 1. The SMILES string of the molecule is NNC(c1cscn1)c1ccc(F)c(F)c1F. The molecule has 1 aromatic heterocycles. The van der Waals surface area contributed by atoms with Crippen LogP contribution in [-0.4, -0.2) is 4.98 Å². The summed E-state index contributed by atoms with van der Waals surface area (Å²) < 4.78 is 39.4. The van der Waals surface area contributed by atoms with Crippen molar-refractivity contribution >= 4 is 11.3 Å². The van der Waals surface area contributed by atoms with E-state index >= 15 is 0 Å². The third kappa shape index (κ3) is 2.17. The number of nitrogens with zero attached hydrogens (tertiary/aromatic N) is 1. The van der Waals surface area contributed by atoms with Crippen molar-refractivity contribution < 1.29 is 13.2 Å². The van der Waals surface area contributed by atoms with E-state index in [1.54, 1.807) is 5.38 Å². The van der Waals surface area contributed by atoms with E-state index in [9.17, 15) is 13.2 Å². The maximum absolute atomic E-state index is 13.6. The Balaban J connectivity index is 2.49. The summed E-state index contributed by atoms with van der Waals surface area (Å²) in [4.78, 5) is 3.95. The Morgan fingerprint density at radius 2 is 2.00 bits per heavy atom. The second-order valence-electron chi connectivity index (χ2n) is 3.28. The van der Waals surface area contributed by atoms with Gasteiger partial charge >= 0.3 is 0 Å². The molecule has 2 aromatic rings. The van der Waals surface area contributed by atoms with Gasteiger partial charge in [-0.25, -0.2) is 23.6 Å². The second-order valence-corrected chi connectivity index (χ2v) is 4.00. The topological polar surface area (TPSA) is 50.9 Å². The average molecular weight is 259 g/mol. The maximum atomic E-state index is 13.6. The third-order valence-electron chi connectivity index (χ3n) is 2.29. The monoisotopic (exact) mass is 259 g/mol. The van der Waals surface area contributed by atoms with Crippen molar-refractivity contribution in [3.8, 4) is 0 Å². The highest BCUT2D eigenvalue weighted by Crippen LogP contribution is 2.26. The number of hydrogen-bond acceptors (Lipinski definition) is 4. The second kappa shape index (κ2) is 4.82. The molecule has 0 aliphatic heterocycles. The molecule has 0 spiro atoms. The molecule has 7 heteroatoms. The lowest BCUT2D eigenvalue weighted by Gasteiger charge is -2.15. The van der Waals surface area contributed by atoms with Crippen molar-refractivity contribution in [2.24, 2.45) is 5.84 Å². The van der Waals surface area contributed by atoms with Crippen LogP contribution < -0.4 is 11.3 Å². The standard InChI is InChI=1S/C10H8F3N3S/c11-6-2-1-5(8(12)9(6)13)10(16-14)7-3-17-4-15-7/h1-4,10,16H,14H2. The van der Waals surface area contributed by atoms with E-state index in [-0.39, 0.29) is 5.56 Å². The van der Waals surface area contributed by atoms with Gasteiger partial charge in [-0.15, -0.1) is 11.3 Å². The summed E-state index contributed by atoms with van der Waals surface area (Å²) >= 11 is 1.29. The predicted molar refractivity (Wildman–Crippen MR) is 57.6 cm³/mol. The molecule has 90 valence electrons. The zero-order chi connectivity index (χ0) is 12.4. The molecule has 1 heterocycles. The van der Waals surface area contributed by atoms with E-state index in [1.165, 1.54) is 16.8 Å². The first-order valence-electron chi connectivity index (χ1n) is 4.62. The molecule has 0 saturated carbocycles. The Morgan fingerprint density at radius 3 is 2.59 bits per heavy atom. The molecule has 1 aromatic carbocycles. The molecule has 0 aliphatic carbocycles. The average Bonchev–Trinajstić information content (AvgIpc) is 2.84. The highest BCUT2D eigenvalue weighted by molar-refractivity contribution is 7.07. The summed E-state index contributed by atoms with van der Waals surface area (Å²) in [5.41, 5.74) is 4.22. The van der Waals surface area contributed by atoms with Crippen LogP contribution in [0.3, 0.4) is 0 Å². The number of nitrogens with two attached hydrogens (primary N) is 1. The zero-order valence-corrected chi connectivity index (χ0v) is 9.27. The molecular formula is C10H8F3N3S. The zero-order valence-electron chi connectivity index (χ0n) is 8.45. The Labute approximate surface area is 99.1 Å². The molecule has 3 N–H and O–H groups in total. The Morgan fingerprint density at radius 1 is 1.24 bits per heavy atom. The van der Waals surface area contributed by atoms with Gasteiger partial charge in [0.15, 0.2) is 17.5 Å². The van der Waals surface area contributed by atoms with Crippen LogP contribution in [0.15, 0.2) is 23.0 Å². The third-order valence-corrected chi connectivity index (χ3v) is 2.89. The van der Waals surface area contributed by atoms with Gasteiger partial charge in [0.2, 0.25) is 0 Å². The summed E-state index contributed by atoms with van der Waals surface area (Å²) in [7, 11) is 0. The molecule has 0 radical (unpaired) electrons. The number of nitrogens with one attached hydrogen (secondary N) is 1. The molecule has 3 nitrogen and oxygen atoms in total. The highest BCUT2D eigenvalue weighted by atomic mass is 32.1. The quantitative estimate of drug-likeness (QED) is 0.504. The van der Waals surface area contributed by atoms with E-state index in [4.69, 9.17) is 5.84 Å². The first-order valence-corrected chi connectivity index (χ1v) is 5.57. The Hall–Kier alpha value is -1.44. The fourth-order valence-corrected chi connectivity index (χ4v) is 2.04. The molecule has 0 saturated heterocycles. The molecule has 1 atom stereocenters. The molecule has 2 rings (SSSR count). The summed E-state index contributed by atoms with van der Waals surface area (Å²) in [5, 5.41) is 1.64. The predicted octanol–water partition coefficient (Wildman–Crippen LogP) is 2.11. The van der Waals surface area contributed by atoms with E-state index in [1.807, 2.05) is 0 Å². The van der Waals surface area contributed by atoms with Gasteiger partial charge in [0, 0.05) is 10.9 Å². The fourth-order valence-electron chi connectivity index (χ4n) is 1.46. The summed E-state index contributed by atoms with van der Waals surface area (Å²) in [6.45, 7) is 0. The van der Waals surface area contributed by atoms with Crippen molar-refractivity contribution in [2.45, 2.75) is 6.04 Å². The van der Waals surface area contributed by atoms with Crippen LogP contribution in [0, 0.1) is 17.5 Å². The number of benzene rings is 1. The summed E-state index contributed by atoms with van der Waals surface area (Å²) in [6.07, 6.45) is 0. The Kier molecular flexibility index (Phi) is 3.41. The fraction of sp³-hybridized carbons (Fsp3) is 0.100. The van der Waals surface area contributed by atoms with Gasteiger partial charge in [0.05, 0.1) is 17.2 Å². The summed E-state index contributed by atoms with van der Waals surface area (Å²) in [5.74, 6) is 1.27. The van der Waals surface area contributed by atoms with Gasteiger partial charge < -0.3 is 0 Å². The van der Waals surface area contributed by atoms with Crippen molar-refractivity contribution in [1.29, 1.82) is 0 Å². The number of halogens is 3. The largest absolute Gasteiger partial charge is 0.271 e. The molecule has 0 bridgehead atoms.